The highest BCUT2D eigenvalue weighted by Crippen LogP contribution is 2.15. The summed E-state index contributed by atoms with van der Waals surface area (Å²) in [5, 5.41) is 8.25. The molecule has 5 nitrogen and oxygen atoms in total. The van der Waals surface area contributed by atoms with Crippen LogP contribution in [-0.2, 0) is 0 Å². The van der Waals surface area contributed by atoms with E-state index in [4.69, 9.17) is 0 Å². The zero-order chi connectivity index (χ0) is 13.1. The fourth-order valence-electron chi connectivity index (χ4n) is 2.36. The van der Waals surface area contributed by atoms with E-state index in [-0.39, 0.29) is 5.56 Å². The van der Waals surface area contributed by atoms with Gasteiger partial charge in [-0.1, -0.05) is 30.3 Å². The van der Waals surface area contributed by atoms with Gasteiger partial charge < -0.3 is 4.90 Å². The van der Waals surface area contributed by atoms with Crippen molar-refractivity contribution in [1.82, 2.24) is 15.2 Å². The second kappa shape index (κ2) is 5.22. The zero-order valence-electron chi connectivity index (χ0n) is 10.7. The molecule has 98 valence electrons. The van der Waals surface area contributed by atoms with Crippen LogP contribution < -0.4 is 10.5 Å². The lowest BCUT2D eigenvalue weighted by molar-refractivity contribution is 0.564. The number of benzene rings is 1. The van der Waals surface area contributed by atoms with Crippen molar-refractivity contribution < 1.29 is 0 Å². The number of nitrogens with zero attached hydrogens (tertiary/aromatic N) is 3. The number of nitrogens with one attached hydrogen (secondary N) is 1. The first-order valence-corrected chi connectivity index (χ1v) is 6.62. The molecule has 0 spiro atoms. The molecule has 3 rings (SSSR count). The molecule has 0 unspecified atom stereocenters. The summed E-state index contributed by atoms with van der Waals surface area (Å²) in [6, 6.07) is 9.40. The lowest BCUT2D eigenvalue weighted by atomic mass is 10.1. The van der Waals surface area contributed by atoms with Crippen LogP contribution >= 0.6 is 0 Å². The van der Waals surface area contributed by atoms with Gasteiger partial charge in [0.1, 0.15) is 0 Å². The van der Waals surface area contributed by atoms with E-state index < -0.39 is 0 Å². The van der Waals surface area contributed by atoms with Crippen molar-refractivity contribution in [1.29, 1.82) is 0 Å². The molecule has 1 aliphatic heterocycles. The van der Waals surface area contributed by atoms with Crippen molar-refractivity contribution >= 4 is 5.95 Å². The second-order valence-electron chi connectivity index (χ2n) is 4.74. The zero-order valence-corrected chi connectivity index (χ0v) is 10.7. The van der Waals surface area contributed by atoms with Crippen LogP contribution in [0.1, 0.15) is 19.3 Å². The van der Waals surface area contributed by atoms with Crippen LogP contribution in [-0.4, -0.2) is 28.3 Å². The van der Waals surface area contributed by atoms with E-state index >= 15 is 0 Å². The molecule has 0 aliphatic carbocycles. The molecule has 19 heavy (non-hydrogen) atoms. The topological polar surface area (TPSA) is 61.9 Å². The Labute approximate surface area is 111 Å². The molecule has 1 aliphatic rings. The number of hydrogen-bond acceptors (Lipinski definition) is 4. The van der Waals surface area contributed by atoms with Gasteiger partial charge in [0.25, 0.3) is 5.56 Å². The van der Waals surface area contributed by atoms with E-state index in [0.29, 0.717) is 11.6 Å². The monoisotopic (exact) mass is 256 g/mol. The summed E-state index contributed by atoms with van der Waals surface area (Å²) in [6.07, 6.45) is 3.53. The van der Waals surface area contributed by atoms with Crippen molar-refractivity contribution in [3.05, 3.63) is 40.7 Å². The molecule has 1 aromatic carbocycles. The van der Waals surface area contributed by atoms with Crippen molar-refractivity contribution in [2.45, 2.75) is 19.3 Å². The van der Waals surface area contributed by atoms with E-state index in [1.807, 2.05) is 30.3 Å². The van der Waals surface area contributed by atoms with Crippen molar-refractivity contribution in [2.75, 3.05) is 18.0 Å². The third-order valence-corrected chi connectivity index (χ3v) is 3.39. The second-order valence-corrected chi connectivity index (χ2v) is 4.74. The lowest BCUT2D eigenvalue weighted by Gasteiger charge is -2.26. The van der Waals surface area contributed by atoms with Gasteiger partial charge in [-0.05, 0) is 19.3 Å². The first-order valence-electron chi connectivity index (χ1n) is 6.62. The molecule has 0 atom stereocenters. The average Bonchev–Trinajstić information content (AvgIpc) is 2.49. The minimum atomic E-state index is -0.179. The lowest BCUT2D eigenvalue weighted by Crippen LogP contribution is -2.33. The Balaban J connectivity index is 1.92. The minimum absolute atomic E-state index is 0.179. The molecule has 0 radical (unpaired) electrons. The largest absolute Gasteiger partial charge is 0.341 e. The number of rotatable bonds is 2. The van der Waals surface area contributed by atoms with E-state index in [1.54, 1.807) is 0 Å². The molecular weight excluding hydrogens is 240 g/mol. The van der Waals surface area contributed by atoms with Gasteiger partial charge in [0.15, 0.2) is 5.69 Å². The Morgan fingerprint density at radius 3 is 2.42 bits per heavy atom. The molecule has 1 aromatic heterocycles. The highest BCUT2D eigenvalue weighted by Gasteiger charge is 2.15. The van der Waals surface area contributed by atoms with Gasteiger partial charge in [-0.25, -0.2) is 0 Å². The fraction of sp³-hybridized carbons (Fsp3) is 0.357. The van der Waals surface area contributed by atoms with Crippen LogP contribution in [0.4, 0.5) is 5.95 Å². The van der Waals surface area contributed by atoms with E-state index in [9.17, 15) is 4.79 Å². The third kappa shape index (κ3) is 2.50. The number of aromatic amines is 1. The Hall–Kier alpha value is -2.17. The van der Waals surface area contributed by atoms with Gasteiger partial charge in [0, 0.05) is 18.7 Å². The highest BCUT2D eigenvalue weighted by atomic mass is 16.1. The van der Waals surface area contributed by atoms with Gasteiger partial charge >= 0.3 is 0 Å². The minimum Gasteiger partial charge on any atom is -0.341 e. The molecule has 2 heterocycles. The molecular formula is C14H16N4O. The van der Waals surface area contributed by atoms with Crippen LogP contribution in [0.5, 0.6) is 0 Å². The molecule has 0 bridgehead atoms. The van der Waals surface area contributed by atoms with Gasteiger partial charge in [-0.15, -0.1) is 10.2 Å². The van der Waals surface area contributed by atoms with Crippen molar-refractivity contribution in [3.8, 4) is 11.3 Å². The average molecular weight is 256 g/mol. The first kappa shape index (κ1) is 11.9. The molecule has 5 heteroatoms. The van der Waals surface area contributed by atoms with Crippen LogP contribution in [0.2, 0.25) is 0 Å². The summed E-state index contributed by atoms with van der Waals surface area (Å²) < 4.78 is 0. The van der Waals surface area contributed by atoms with Crippen LogP contribution in [0, 0.1) is 0 Å². The summed E-state index contributed by atoms with van der Waals surface area (Å²) in [7, 11) is 0. The number of H-pyrrole nitrogens is 1. The molecule has 1 fully saturated rings. The highest BCUT2D eigenvalue weighted by molar-refractivity contribution is 5.57. The van der Waals surface area contributed by atoms with E-state index in [1.165, 1.54) is 6.42 Å². The SMILES string of the molecule is O=c1[nH]c(N2CCCCC2)nnc1-c1ccccc1. The van der Waals surface area contributed by atoms with Crippen LogP contribution in [0.15, 0.2) is 35.1 Å². The summed E-state index contributed by atoms with van der Waals surface area (Å²) >= 11 is 0. The summed E-state index contributed by atoms with van der Waals surface area (Å²) in [5.74, 6) is 0.587. The Kier molecular flexibility index (Phi) is 3.27. The van der Waals surface area contributed by atoms with Gasteiger partial charge in [0.2, 0.25) is 5.95 Å². The van der Waals surface area contributed by atoms with E-state index in [2.05, 4.69) is 20.1 Å². The predicted molar refractivity (Wildman–Crippen MR) is 74.2 cm³/mol. The van der Waals surface area contributed by atoms with Crippen molar-refractivity contribution in [3.63, 3.8) is 0 Å². The Morgan fingerprint density at radius 2 is 1.74 bits per heavy atom. The van der Waals surface area contributed by atoms with Crippen LogP contribution in [0.25, 0.3) is 11.3 Å². The number of piperidine rings is 1. The maximum Gasteiger partial charge on any atom is 0.279 e. The molecule has 1 saturated heterocycles. The molecule has 1 N–H and O–H groups in total. The fourth-order valence-corrected chi connectivity index (χ4v) is 2.36. The normalized spacial score (nSPS) is 15.5. The Bertz CT molecular complexity index is 602. The van der Waals surface area contributed by atoms with Gasteiger partial charge in [0.05, 0.1) is 0 Å². The summed E-state index contributed by atoms with van der Waals surface area (Å²) in [5.41, 5.74) is 0.990. The van der Waals surface area contributed by atoms with Gasteiger partial charge in [-0.3, -0.25) is 9.78 Å². The van der Waals surface area contributed by atoms with Crippen molar-refractivity contribution in [2.24, 2.45) is 0 Å². The maximum atomic E-state index is 12.1. The summed E-state index contributed by atoms with van der Waals surface area (Å²) in [6.45, 7) is 1.88. The molecule has 2 aromatic rings. The molecule has 0 saturated carbocycles. The van der Waals surface area contributed by atoms with E-state index in [0.717, 1.165) is 31.5 Å². The third-order valence-electron chi connectivity index (χ3n) is 3.39. The van der Waals surface area contributed by atoms with Crippen LogP contribution in [0.3, 0.4) is 0 Å². The quantitative estimate of drug-likeness (QED) is 0.890. The number of anilines is 1. The van der Waals surface area contributed by atoms with Gasteiger partial charge in [-0.2, -0.15) is 0 Å². The Morgan fingerprint density at radius 1 is 1.00 bits per heavy atom. The maximum absolute atomic E-state index is 12.1. The smallest absolute Gasteiger partial charge is 0.279 e. The summed E-state index contributed by atoms with van der Waals surface area (Å²) in [4.78, 5) is 17.0. The first-order chi connectivity index (χ1) is 9.34. The molecule has 0 amide bonds. The number of hydrogen-bond donors (Lipinski definition) is 1. The standard InChI is InChI=1S/C14H16N4O/c19-13-12(11-7-3-1-4-8-11)16-17-14(15-13)18-9-5-2-6-10-18/h1,3-4,7-8H,2,5-6,9-10H2,(H,15,17,19). The predicted octanol–water partition coefficient (Wildman–Crippen LogP) is 1.82. The number of aromatic nitrogens is 3.